The molecule has 0 aliphatic carbocycles. The maximum atomic E-state index is 12.2. The molecule has 0 amide bonds. The minimum atomic E-state index is -0.204. The molecular weight excluding hydrogens is 139 g/mol. The Morgan fingerprint density at radius 2 is 2.22 bits per heavy atom. The van der Waals surface area contributed by atoms with Gasteiger partial charge in [-0.05, 0) is 6.42 Å². The van der Waals surface area contributed by atoms with Crippen LogP contribution in [0.1, 0.15) is 32.6 Å². The SMILES string of the molecule is CCCCC/C(F)=C\Cl. The highest BCUT2D eigenvalue weighted by molar-refractivity contribution is 6.25. The Balaban J connectivity index is 3.07. The lowest BCUT2D eigenvalue weighted by Gasteiger charge is -1.92. The summed E-state index contributed by atoms with van der Waals surface area (Å²) >= 11 is 5.09. The van der Waals surface area contributed by atoms with Crippen LogP contribution < -0.4 is 0 Å². The van der Waals surface area contributed by atoms with Gasteiger partial charge in [-0.2, -0.15) is 0 Å². The maximum Gasteiger partial charge on any atom is 0.111 e. The van der Waals surface area contributed by atoms with Crippen LogP contribution in [0.4, 0.5) is 4.39 Å². The minimum Gasteiger partial charge on any atom is -0.211 e. The molecule has 0 aromatic heterocycles. The lowest BCUT2D eigenvalue weighted by Crippen LogP contribution is -1.74. The lowest BCUT2D eigenvalue weighted by atomic mass is 10.2. The fourth-order valence-electron chi connectivity index (χ4n) is 0.598. The minimum absolute atomic E-state index is 0.204. The number of hydrogen-bond acceptors (Lipinski definition) is 0. The van der Waals surface area contributed by atoms with Crippen LogP contribution in [0.15, 0.2) is 11.4 Å². The summed E-state index contributed by atoms with van der Waals surface area (Å²) in [6.45, 7) is 2.09. The van der Waals surface area contributed by atoms with Crippen LogP contribution in [-0.2, 0) is 0 Å². The summed E-state index contributed by atoms with van der Waals surface area (Å²) in [5.74, 6) is -0.204. The molecule has 0 atom stereocenters. The van der Waals surface area contributed by atoms with Gasteiger partial charge in [-0.3, -0.25) is 0 Å². The van der Waals surface area contributed by atoms with E-state index in [-0.39, 0.29) is 5.83 Å². The Labute approximate surface area is 60.7 Å². The molecule has 0 spiro atoms. The highest BCUT2D eigenvalue weighted by Crippen LogP contribution is 2.10. The van der Waals surface area contributed by atoms with Crippen molar-refractivity contribution in [3.63, 3.8) is 0 Å². The zero-order valence-electron chi connectivity index (χ0n) is 5.66. The van der Waals surface area contributed by atoms with Crippen LogP contribution in [0.2, 0.25) is 0 Å². The van der Waals surface area contributed by atoms with Crippen molar-refractivity contribution in [2.24, 2.45) is 0 Å². The number of halogens is 2. The van der Waals surface area contributed by atoms with E-state index in [1.807, 2.05) is 0 Å². The number of allylic oxidation sites excluding steroid dienone is 1. The van der Waals surface area contributed by atoms with Crippen LogP contribution in [0.5, 0.6) is 0 Å². The second-order valence-electron chi connectivity index (χ2n) is 2.01. The molecule has 9 heavy (non-hydrogen) atoms. The molecule has 54 valence electrons. The first-order valence-corrected chi connectivity index (χ1v) is 3.69. The van der Waals surface area contributed by atoms with Gasteiger partial charge < -0.3 is 0 Å². The van der Waals surface area contributed by atoms with E-state index < -0.39 is 0 Å². The molecule has 2 heteroatoms. The van der Waals surface area contributed by atoms with Gasteiger partial charge >= 0.3 is 0 Å². The molecule has 0 unspecified atom stereocenters. The Bertz CT molecular complexity index is 88.9. The van der Waals surface area contributed by atoms with Crippen LogP contribution in [0, 0.1) is 0 Å². The first-order chi connectivity index (χ1) is 4.31. The van der Waals surface area contributed by atoms with Gasteiger partial charge in [0.1, 0.15) is 5.83 Å². The largest absolute Gasteiger partial charge is 0.211 e. The first-order valence-electron chi connectivity index (χ1n) is 3.26. The quantitative estimate of drug-likeness (QED) is 0.537. The molecule has 0 nitrogen and oxygen atoms in total. The molecule has 0 aromatic rings. The van der Waals surface area contributed by atoms with Gasteiger partial charge in [0.25, 0.3) is 0 Å². The molecule has 0 aliphatic rings. The molecule has 0 heterocycles. The Morgan fingerprint density at radius 3 is 2.67 bits per heavy atom. The van der Waals surface area contributed by atoms with Crippen LogP contribution in [0.25, 0.3) is 0 Å². The molecule has 0 saturated heterocycles. The van der Waals surface area contributed by atoms with E-state index in [0.29, 0.717) is 6.42 Å². The van der Waals surface area contributed by atoms with Gasteiger partial charge in [-0.1, -0.05) is 31.4 Å². The van der Waals surface area contributed by atoms with Crippen molar-refractivity contribution in [2.45, 2.75) is 32.6 Å². The second-order valence-corrected chi connectivity index (χ2v) is 2.23. The van der Waals surface area contributed by atoms with E-state index in [2.05, 4.69) is 6.92 Å². The highest BCUT2D eigenvalue weighted by atomic mass is 35.5. The maximum absolute atomic E-state index is 12.2. The van der Waals surface area contributed by atoms with E-state index in [0.717, 1.165) is 24.8 Å². The molecule has 0 rings (SSSR count). The average molecular weight is 151 g/mol. The number of hydrogen-bond donors (Lipinski definition) is 0. The smallest absolute Gasteiger partial charge is 0.111 e. The fraction of sp³-hybridized carbons (Fsp3) is 0.714. The number of unbranched alkanes of at least 4 members (excludes halogenated alkanes) is 2. The van der Waals surface area contributed by atoms with E-state index in [9.17, 15) is 4.39 Å². The van der Waals surface area contributed by atoms with Gasteiger partial charge in [0.05, 0.1) is 0 Å². The third-order valence-electron chi connectivity index (χ3n) is 1.14. The fourth-order valence-corrected chi connectivity index (χ4v) is 0.708. The summed E-state index contributed by atoms with van der Waals surface area (Å²) in [5, 5.41) is 0. The van der Waals surface area contributed by atoms with Crippen molar-refractivity contribution in [1.29, 1.82) is 0 Å². The van der Waals surface area contributed by atoms with Crippen LogP contribution >= 0.6 is 11.6 Å². The standard InChI is InChI=1S/C7H12ClF/c1-2-3-4-5-7(9)6-8/h6H,2-5H2,1H3/b7-6+. The van der Waals surface area contributed by atoms with Crippen molar-refractivity contribution in [3.05, 3.63) is 11.4 Å². The molecule has 0 N–H and O–H groups in total. The summed E-state index contributed by atoms with van der Waals surface area (Å²) in [6, 6.07) is 0. The van der Waals surface area contributed by atoms with E-state index in [1.165, 1.54) is 0 Å². The van der Waals surface area contributed by atoms with Crippen LogP contribution in [-0.4, -0.2) is 0 Å². The van der Waals surface area contributed by atoms with Gasteiger partial charge in [0.2, 0.25) is 0 Å². The predicted octanol–water partition coefficient (Wildman–Crippen LogP) is 3.62. The first kappa shape index (κ1) is 8.96. The molecular formula is C7H12ClF. The third kappa shape index (κ3) is 5.84. The molecule has 0 saturated carbocycles. The van der Waals surface area contributed by atoms with E-state index >= 15 is 0 Å². The second kappa shape index (κ2) is 6.09. The topological polar surface area (TPSA) is 0 Å². The molecule has 0 aromatic carbocycles. The predicted molar refractivity (Wildman–Crippen MR) is 39.2 cm³/mol. The van der Waals surface area contributed by atoms with Gasteiger partial charge in [-0.15, -0.1) is 0 Å². The number of rotatable bonds is 4. The Kier molecular flexibility index (Phi) is 6.06. The van der Waals surface area contributed by atoms with Gasteiger partial charge in [0, 0.05) is 12.0 Å². The van der Waals surface area contributed by atoms with Crippen molar-refractivity contribution >= 4 is 11.6 Å². The molecule has 0 aliphatic heterocycles. The van der Waals surface area contributed by atoms with E-state index in [4.69, 9.17) is 11.6 Å². The summed E-state index contributed by atoms with van der Waals surface area (Å²) in [7, 11) is 0. The average Bonchev–Trinajstić information content (AvgIpc) is 1.89. The summed E-state index contributed by atoms with van der Waals surface area (Å²) < 4.78 is 12.2. The van der Waals surface area contributed by atoms with Crippen molar-refractivity contribution in [1.82, 2.24) is 0 Å². The molecule has 0 radical (unpaired) electrons. The normalized spacial score (nSPS) is 12.1. The Hall–Kier alpha value is -0.0400. The lowest BCUT2D eigenvalue weighted by molar-refractivity contribution is 0.562. The molecule has 0 fully saturated rings. The van der Waals surface area contributed by atoms with Crippen molar-refractivity contribution in [3.8, 4) is 0 Å². The van der Waals surface area contributed by atoms with E-state index in [1.54, 1.807) is 0 Å². The summed E-state index contributed by atoms with van der Waals surface area (Å²) in [5.41, 5.74) is 1.01. The summed E-state index contributed by atoms with van der Waals surface area (Å²) in [4.78, 5) is 0. The Morgan fingerprint density at radius 1 is 1.56 bits per heavy atom. The zero-order valence-corrected chi connectivity index (χ0v) is 6.42. The summed E-state index contributed by atoms with van der Waals surface area (Å²) in [6.07, 6.45) is 3.61. The molecule has 0 bridgehead atoms. The van der Waals surface area contributed by atoms with Crippen molar-refractivity contribution < 1.29 is 4.39 Å². The van der Waals surface area contributed by atoms with Gasteiger partial charge in [0.15, 0.2) is 0 Å². The van der Waals surface area contributed by atoms with Crippen LogP contribution in [0.3, 0.4) is 0 Å². The van der Waals surface area contributed by atoms with Gasteiger partial charge in [-0.25, -0.2) is 4.39 Å². The third-order valence-corrected chi connectivity index (χ3v) is 1.37. The monoisotopic (exact) mass is 150 g/mol. The van der Waals surface area contributed by atoms with Crippen molar-refractivity contribution in [2.75, 3.05) is 0 Å². The zero-order chi connectivity index (χ0) is 7.11. The highest BCUT2D eigenvalue weighted by Gasteiger charge is 1.91.